The average Bonchev–Trinajstić information content (AvgIpc) is 2.36. The van der Waals surface area contributed by atoms with Crippen molar-refractivity contribution in [1.82, 2.24) is 0 Å². The highest BCUT2D eigenvalue weighted by molar-refractivity contribution is 9.10. The van der Waals surface area contributed by atoms with Crippen LogP contribution < -0.4 is 10.5 Å². The number of hydrogen-bond donors (Lipinski definition) is 2. The van der Waals surface area contributed by atoms with Crippen molar-refractivity contribution in [3.8, 4) is 0 Å². The Morgan fingerprint density at radius 1 is 1.20 bits per heavy atom. The van der Waals surface area contributed by atoms with E-state index in [9.17, 15) is 12.8 Å². The summed E-state index contributed by atoms with van der Waals surface area (Å²) in [5.74, 6) is -0.675. The molecule has 2 aromatic carbocycles. The first-order chi connectivity index (χ1) is 9.29. The fraction of sp³-hybridized carbons (Fsp3) is 0.0769. The number of nitrogens with two attached hydrogens (primary N) is 1. The number of hydrogen-bond acceptors (Lipinski definition) is 3. The van der Waals surface area contributed by atoms with Crippen LogP contribution in [0.2, 0.25) is 0 Å². The number of rotatable bonds is 3. The summed E-state index contributed by atoms with van der Waals surface area (Å²) in [4.78, 5) is -0.114. The summed E-state index contributed by atoms with van der Waals surface area (Å²) in [6.45, 7) is 1.90. The van der Waals surface area contributed by atoms with E-state index >= 15 is 0 Å². The average molecular weight is 359 g/mol. The van der Waals surface area contributed by atoms with Gasteiger partial charge in [0.25, 0.3) is 10.0 Å². The molecule has 106 valence electrons. The van der Waals surface area contributed by atoms with Gasteiger partial charge in [-0.05, 0) is 47.1 Å². The largest absolute Gasteiger partial charge is 0.396 e. The van der Waals surface area contributed by atoms with Crippen molar-refractivity contribution < 1.29 is 12.8 Å². The maximum absolute atomic E-state index is 13.2. The van der Waals surface area contributed by atoms with Gasteiger partial charge in [-0.1, -0.05) is 17.7 Å². The van der Waals surface area contributed by atoms with Crippen LogP contribution in [0.25, 0.3) is 0 Å². The van der Waals surface area contributed by atoms with Crippen molar-refractivity contribution in [3.05, 3.63) is 52.3 Å². The van der Waals surface area contributed by atoms with E-state index in [1.165, 1.54) is 0 Å². The van der Waals surface area contributed by atoms with Crippen LogP contribution in [0.15, 0.2) is 45.8 Å². The Balaban J connectivity index is 2.40. The molecule has 0 saturated carbocycles. The fourth-order valence-electron chi connectivity index (χ4n) is 1.58. The van der Waals surface area contributed by atoms with Crippen LogP contribution in [-0.4, -0.2) is 8.42 Å². The molecule has 0 atom stereocenters. The minimum Gasteiger partial charge on any atom is -0.396 e. The van der Waals surface area contributed by atoms with Gasteiger partial charge in [-0.3, -0.25) is 4.72 Å². The molecule has 3 N–H and O–H groups in total. The van der Waals surface area contributed by atoms with Crippen LogP contribution in [0, 0.1) is 12.7 Å². The standard InChI is InChI=1S/C13H12BrFN2O2S/c1-8-2-4-9(5-3-8)17-20(18,19)13-7-12(16)11(15)6-10(13)14/h2-7,17H,16H2,1H3. The van der Waals surface area contributed by atoms with Gasteiger partial charge in [0.15, 0.2) is 0 Å². The van der Waals surface area contributed by atoms with Crippen LogP contribution in [0.1, 0.15) is 5.56 Å². The number of sulfonamides is 1. The molecule has 2 aromatic rings. The molecule has 0 amide bonds. The van der Waals surface area contributed by atoms with Gasteiger partial charge in [0.2, 0.25) is 0 Å². The summed E-state index contributed by atoms with van der Waals surface area (Å²) in [5, 5.41) is 0. The van der Waals surface area contributed by atoms with E-state index in [-0.39, 0.29) is 15.1 Å². The molecule has 0 radical (unpaired) electrons. The molecule has 0 aromatic heterocycles. The Labute approximate surface area is 125 Å². The molecule has 0 fully saturated rings. The second kappa shape index (κ2) is 5.41. The Bertz CT molecular complexity index is 746. The molecule has 0 unspecified atom stereocenters. The molecule has 4 nitrogen and oxygen atoms in total. The smallest absolute Gasteiger partial charge is 0.263 e. The topological polar surface area (TPSA) is 72.2 Å². The number of halogens is 2. The molecule has 0 aliphatic carbocycles. The number of benzene rings is 2. The molecule has 0 heterocycles. The molecule has 0 bridgehead atoms. The highest BCUT2D eigenvalue weighted by atomic mass is 79.9. The Morgan fingerprint density at radius 3 is 2.40 bits per heavy atom. The summed E-state index contributed by atoms with van der Waals surface area (Å²) < 4.78 is 40.3. The zero-order valence-corrected chi connectivity index (χ0v) is 12.9. The van der Waals surface area contributed by atoms with Crippen molar-refractivity contribution in [1.29, 1.82) is 0 Å². The van der Waals surface area contributed by atoms with E-state index < -0.39 is 15.8 Å². The van der Waals surface area contributed by atoms with Crippen molar-refractivity contribution in [2.75, 3.05) is 10.5 Å². The molecule has 0 aliphatic heterocycles. The SMILES string of the molecule is Cc1ccc(NS(=O)(=O)c2cc(N)c(F)cc2Br)cc1. The van der Waals surface area contributed by atoms with Crippen LogP contribution >= 0.6 is 15.9 Å². The van der Waals surface area contributed by atoms with Crippen LogP contribution in [0.4, 0.5) is 15.8 Å². The maximum Gasteiger partial charge on any atom is 0.263 e. The van der Waals surface area contributed by atoms with Gasteiger partial charge in [-0.2, -0.15) is 0 Å². The number of aryl methyl sites for hydroxylation is 1. The number of nitrogen functional groups attached to an aromatic ring is 1. The highest BCUT2D eigenvalue weighted by Crippen LogP contribution is 2.28. The molecule has 0 saturated heterocycles. The van der Waals surface area contributed by atoms with Crippen LogP contribution in [0.5, 0.6) is 0 Å². The van der Waals surface area contributed by atoms with Crippen molar-refractivity contribution in [2.24, 2.45) is 0 Å². The zero-order valence-electron chi connectivity index (χ0n) is 10.5. The van der Waals surface area contributed by atoms with Crippen molar-refractivity contribution >= 4 is 37.3 Å². The van der Waals surface area contributed by atoms with Crippen molar-refractivity contribution in [2.45, 2.75) is 11.8 Å². The van der Waals surface area contributed by atoms with Crippen LogP contribution in [-0.2, 0) is 10.0 Å². The molecule has 0 aliphatic rings. The summed E-state index contributed by atoms with van der Waals surface area (Å²) in [7, 11) is -3.84. The number of nitrogens with one attached hydrogen (secondary N) is 1. The van der Waals surface area contributed by atoms with Gasteiger partial charge in [0, 0.05) is 10.2 Å². The molecular formula is C13H12BrFN2O2S. The third-order valence-electron chi connectivity index (χ3n) is 2.64. The first-order valence-electron chi connectivity index (χ1n) is 5.63. The second-order valence-electron chi connectivity index (χ2n) is 4.28. The van der Waals surface area contributed by atoms with E-state index in [4.69, 9.17) is 5.73 Å². The summed E-state index contributed by atoms with van der Waals surface area (Å²) in [6, 6.07) is 8.97. The van der Waals surface area contributed by atoms with E-state index in [2.05, 4.69) is 20.7 Å². The fourth-order valence-corrected chi connectivity index (χ4v) is 3.69. The van der Waals surface area contributed by atoms with E-state index in [1.54, 1.807) is 24.3 Å². The molecule has 20 heavy (non-hydrogen) atoms. The van der Waals surface area contributed by atoms with Gasteiger partial charge in [0.05, 0.1) is 5.69 Å². The lowest BCUT2D eigenvalue weighted by Gasteiger charge is -2.11. The highest BCUT2D eigenvalue weighted by Gasteiger charge is 2.19. The molecular weight excluding hydrogens is 347 g/mol. The van der Waals surface area contributed by atoms with Crippen molar-refractivity contribution in [3.63, 3.8) is 0 Å². The van der Waals surface area contributed by atoms with E-state index in [1.807, 2.05) is 6.92 Å². The Morgan fingerprint density at radius 2 is 1.80 bits per heavy atom. The van der Waals surface area contributed by atoms with Gasteiger partial charge in [-0.25, -0.2) is 12.8 Å². The lowest BCUT2D eigenvalue weighted by atomic mass is 10.2. The Hall–Kier alpha value is -1.60. The number of anilines is 2. The first kappa shape index (κ1) is 14.8. The van der Waals surface area contributed by atoms with Gasteiger partial charge in [-0.15, -0.1) is 0 Å². The van der Waals surface area contributed by atoms with Crippen LogP contribution in [0.3, 0.4) is 0 Å². The third kappa shape index (κ3) is 3.10. The molecule has 0 spiro atoms. The molecule has 7 heteroatoms. The van der Waals surface area contributed by atoms with Gasteiger partial charge < -0.3 is 5.73 Å². The normalized spacial score (nSPS) is 11.3. The summed E-state index contributed by atoms with van der Waals surface area (Å²) >= 11 is 3.03. The molecule has 2 rings (SSSR count). The lowest BCUT2D eigenvalue weighted by molar-refractivity contribution is 0.599. The quantitative estimate of drug-likeness (QED) is 0.827. The Kier molecular flexibility index (Phi) is 4.01. The minimum atomic E-state index is -3.84. The van der Waals surface area contributed by atoms with Gasteiger partial charge >= 0.3 is 0 Å². The lowest BCUT2D eigenvalue weighted by Crippen LogP contribution is -2.14. The predicted molar refractivity (Wildman–Crippen MR) is 80.5 cm³/mol. The van der Waals surface area contributed by atoms with E-state index in [0.29, 0.717) is 5.69 Å². The third-order valence-corrected chi connectivity index (χ3v) is 4.98. The zero-order chi connectivity index (χ0) is 14.9. The predicted octanol–water partition coefficient (Wildman–Crippen LogP) is 3.28. The second-order valence-corrected chi connectivity index (χ2v) is 6.78. The maximum atomic E-state index is 13.2. The summed E-state index contributed by atoms with van der Waals surface area (Å²) in [5.41, 5.74) is 6.62. The van der Waals surface area contributed by atoms with Gasteiger partial charge in [0.1, 0.15) is 10.7 Å². The minimum absolute atomic E-state index is 0.114. The first-order valence-corrected chi connectivity index (χ1v) is 7.91. The monoisotopic (exact) mass is 358 g/mol. The van der Waals surface area contributed by atoms with E-state index in [0.717, 1.165) is 17.7 Å². The summed E-state index contributed by atoms with van der Waals surface area (Å²) in [6.07, 6.45) is 0.